The zero-order valence-electron chi connectivity index (χ0n) is 25.1. The third-order valence-electron chi connectivity index (χ3n) is 7.93. The Balaban J connectivity index is 0.000000154. The number of ether oxygens (including phenoxy) is 1. The molecule has 6 aromatic heterocycles. The van der Waals surface area contributed by atoms with Crippen LogP contribution < -0.4 is 10.6 Å². The van der Waals surface area contributed by atoms with Gasteiger partial charge >= 0.3 is 0 Å². The van der Waals surface area contributed by atoms with Gasteiger partial charge in [-0.2, -0.15) is 0 Å². The van der Waals surface area contributed by atoms with Gasteiger partial charge < -0.3 is 33.6 Å². The molecular weight excluding hydrogens is 552 g/mol. The Kier molecular flexibility index (Phi) is 6.92. The number of aromatic nitrogens is 8. The summed E-state index contributed by atoms with van der Waals surface area (Å²) in [6, 6.07) is 0. The predicted octanol–water partition coefficient (Wildman–Crippen LogP) is 3.92. The van der Waals surface area contributed by atoms with Gasteiger partial charge in [-0.1, -0.05) is 17.2 Å². The number of rotatable bonds is 4. The minimum atomic E-state index is 0.445. The first-order valence-electron chi connectivity index (χ1n) is 13.7. The van der Waals surface area contributed by atoms with E-state index in [2.05, 4.69) is 30.2 Å². The van der Waals surface area contributed by atoms with E-state index < -0.39 is 0 Å². The third kappa shape index (κ3) is 4.24. The highest BCUT2D eigenvalue weighted by Crippen LogP contribution is 2.41. The Labute approximate surface area is 246 Å². The molecule has 0 saturated carbocycles. The molecule has 7 heterocycles. The molecule has 43 heavy (non-hydrogen) atoms. The quantitative estimate of drug-likeness (QED) is 0.297. The summed E-state index contributed by atoms with van der Waals surface area (Å²) in [5, 5.41) is 10.0. The molecular formula is C29H32N10O4. The standard InChI is InChI=1S/C16H19N5O2.C13H13N5O2/c1-6-10-9(2)23-19-14(10)12-11(7-22)21(5)16-13(12)15(20(3)4)17-8-18-16;1-6-7-3-19-4-8-9(11(7)17-20-6)10-12(14)15-5-16-13(10)18(8)2/h7-8H,6H2,1-5H3;5H,3-4H2,1-2H3,(H2,14,15,16). The molecule has 0 fully saturated rings. The maximum atomic E-state index is 11.7. The number of carbonyl (C=O) groups excluding carboxylic acids is 1. The van der Waals surface area contributed by atoms with Gasteiger partial charge in [0.05, 0.1) is 35.4 Å². The number of anilines is 2. The third-order valence-corrected chi connectivity index (χ3v) is 7.93. The predicted molar refractivity (Wildman–Crippen MR) is 159 cm³/mol. The monoisotopic (exact) mass is 584 g/mol. The van der Waals surface area contributed by atoms with E-state index in [1.165, 1.54) is 12.7 Å². The fourth-order valence-corrected chi connectivity index (χ4v) is 5.73. The number of nitrogens with zero attached hydrogens (tertiary/aromatic N) is 9. The number of carbonyl (C=O) groups is 1. The highest BCUT2D eigenvalue weighted by molar-refractivity contribution is 6.08. The minimum absolute atomic E-state index is 0.445. The van der Waals surface area contributed by atoms with Crippen molar-refractivity contribution in [2.75, 3.05) is 24.7 Å². The van der Waals surface area contributed by atoms with E-state index in [0.29, 0.717) is 36.1 Å². The average molecular weight is 585 g/mol. The van der Waals surface area contributed by atoms with Gasteiger partial charge in [0, 0.05) is 50.4 Å². The Hall–Kier alpha value is -5.11. The lowest BCUT2D eigenvalue weighted by Gasteiger charge is -2.12. The fourth-order valence-electron chi connectivity index (χ4n) is 5.73. The molecule has 6 aromatic rings. The van der Waals surface area contributed by atoms with Crippen molar-refractivity contribution in [2.24, 2.45) is 14.1 Å². The van der Waals surface area contributed by atoms with Crippen LogP contribution in [0.5, 0.6) is 0 Å². The average Bonchev–Trinajstić information content (AvgIpc) is 3.67. The maximum absolute atomic E-state index is 11.7. The van der Waals surface area contributed by atoms with E-state index in [0.717, 1.165) is 80.1 Å². The van der Waals surface area contributed by atoms with E-state index in [-0.39, 0.29) is 0 Å². The summed E-state index contributed by atoms with van der Waals surface area (Å²) < 4.78 is 20.2. The lowest BCUT2D eigenvalue weighted by molar-refractivity contribution is 0.104. The van der Waals surface area contributed by atoms with Gasteiger partial charge in [0.2, 0.25) is 0 Å². The first-order valence-corrected chi connectivity index (χ1v) is 13.7. The van der Waals surface area contributed by atoms with E-state index in [9.17, 15) is 4.79 Å². The molecule has 0 saturated heterocycles. The lowest BCUT2D eigenvalue weighted by atomic mass is 10.0. The molecule has 222 valence electrons. The Morgan fingerprint density at radius 3 is 2.28 bits per heavy atom. The summed E-state index contributed by atoms with van der Waals surface area (Å²) in [6.45, 7) is 6.76. The second kappa shape index (κ2) is 10.6. The molecule has 0 amide bonds. The summed E-state index contributed by atoms with van der Waals surface area (Å²) >= 11 is 0. The van der Waals surface area contributed by atoms with Crippen molar-refractivity contribution in [1.82, 2.24) is 39.4 Å². The van der Waals surface area contributed by atoms with Gasteiger partial charge in [-0.05, 0) is 20.3 Å². The number of nitrogen functional groups attached to an aromatic ring is 1. The Morgan fingerprint density at radius 1 is 0.907 bits per heavy atom. The summed E-state index contributed by atoms with van der Waals surface area (Å²) in [5.74, 6) is 2.72. The van der Waals surface area contributed by atoms with E-state index in [1.807, 2.05) is 58.4 Å². The van der Waals surface area contributed by atoms with Crippen LogP contribution in [-0.2, 0) is 38.5 Å². The van der Waals surface area contributed by atoms with Gasteiger partial charge in [0.15, 0.2) is 6.29 Å². The number of fused-ring (bicyclic) bond motifs is 6. The SMILES string of the molecule is CCc1c(-c2c(C=O)n(C)c3ncnc(N(C)C)c23)noc1C.Cc1onc2c1COCc1c-2c2c(N)ncnc2n1C. The Bertz CT molecular complexity index is 2010. The van der Waals surface area contributed by atoms with Gasteiger partial charge in [-0.3, -0.25) is 4.79 Å². The van der Waals surface area contributed by atoms with Crippen LogP contribution in [-0.4, -0.2) is 59.8 Å². The maximum Gasteiger partial charge on any atom is 0.167 e. The van der Waals surface area contributed by atoms with Crippen LogP contribution in [0, 0.1) is 13.8 Å². The van der Waals surface area contributed by atoms with E-state index in [1.54, 1.807) is 4.57 Å². The summed E-state index contributed by atoms with van der Waals surface area (Å²) in [4.78, 5) is 30.8. The Morgan fingerprint density at radius 2 is 1.58 bits per heavy atom. The van der Waals surface area contributed by atoms with Gasteiger partial charge in [0.1, 0.15) is 58.5 Å². The fraction of sp³-hybridized carbons (Fsp3) is 0.345. The van der Waals surface area contributed by atoms with Crippen molar-refractivity contribution in [2.45, 2.75) is 40.4 Å². The zero-order chi connectivity index (χ0) is 30.6. The highest BCUT2D eigenvalue weighted by atomic mass is 16.5. The van der Waals surface area contributed by atoms with Crippen molar-refractivity contribution >= 4 is 40.0 Å². The van der Waals surface area contributed by atoms with Crippen molar-refractivity contribution in [3.05, 3.63) is 46.7 Å². The van der Waals surface area contributed by atoms with Crippen LogP contribution in [0.1, 0.15) is 45.8 Å². The summed E-state index contributed by atoms with van der Waals surface area (Å²) in [7, 11) is 7.58. The molecule has 7 rings (SSSR count). The van der Waals surface area contributed by atoms with Crippen LogP contribution >= 0.6 is 0 Å². The van der Waals surface area contributed by atoms with Crippen LogP contribution in [0.3, 0.4) is 0 Å². The highest BCUT2D eigenvalue weighted by Gasteiger charge is 2.29. The zero-order valence-corrected chi connectivity index (χ0v) is 25.1. The number of aryl methyl sites for hydroxylation is 4. The molecule has 0 radical (unpaired) electrons. The molecule has 0 aromatic carbocycles. The molecule has 0 aliphatic carbocycles. The van der Waals surface area contributed by atoms with Gasteiger partial charge in [-0.15, -0.1) is 0 Å². The minimum Gasteiger partial charge on any atom is -0.383 e. The van der Waals surface area contributed by atoms with Gasteiger partial charge in [0.25, 0.3) is 0 Å². The first-order chi connectivity index (χ1) is 20.7. The van der Waals surface area contributed by atoms with E-state index in [4.69, 9.17) is 19.5 Å². The molecule has 14 heteroatoms. The van der Waals surface area contributed by atoms with Crippen LogP contribution in [0.2, 0.25) is 0 Å². The second-order valence-electron chi connectivity index (χ2n) is 10.5. The second-order valence-corrected chi connectivity index (χ2v) is 10.5. The molecule has 0 unspecified atom stereocenters. The van der Waals surface area contributed by atoms with Crippen molar-refractivity contribution < 1.29 is 18.6 Å². The smallest absolute Gasteiger partial charge is 0.167 e. The summed E-state index contributed by atoms with van der Waals surface area (Å²) in [6.07, 6.45) is 4.57. The molecule has 0 atom stereocenters. The van der Waals surface area contributed by atoms with Crippen LogP contribution in [0.25, 0.3) is 44.6 Å². The first kappa shape index (κ1) is 28.0. The topological polar surface area (TPSA) is 169 Å². The number of nitrogens with two attached hydrogens (primary N) is 1. The molecule has 2 N–H and O–H groups in total. The largest absolute Gasteiger partial charge is 0.383 e. The van der Waals surface area contributed by atoms with E-state index >= 15 is 0 Å². The number of hydrogen-bond donors (Lipinski definition) is 1. The van der Waals surface area contributed by atoms with Crippen molar-refractivity contribution in [3.63, 3.8) is 0 Å². The van der Waals surface area contributed by atoms with Gasteiger partial charge in [-0.25, -0.2) is 19.9 Å². The van der Waals surface area contributed by atoms with Crippen LogP contribution in [0.15, 0.2) is 21.7 Å². The molecule has 1 aliphatic rings. The molecule has 1 aliphatic heterocycles. The van der Waals surface area contributed by atoms with Crippen molar-refractivity contribution in [1.29, 1.82) is 0 Å². The van der Waals surface area contributed by atoms with Crippen molar-refractivity contribution in [3.8, 4) is 22.5 Å². The molecule has 0 bridgehead atoms. The normalized spacial score (nSPS) is 12.5. The van der Waals surface area contributed by atoms with Crippen LogP contribution in [0.4, 0.5) is 11.6 Å². The number of hydrogen-bond acceptors (Lipinski definition) is 12. The number of aldehydes is 1. The molecule has 14 nitrogen and oxygen atoms in total. The lowest BCUT2D eigenvalue weighted by Crippen LogP contribution is -2.11. The molecule has 0 spiro atoms. The summed E-state index contributed by atoms with van der Waals surface area (Å²) in [5.41, 5.74) is 14.1.